The minimum Gasteiger partial charge on any atom is -0.481 e. The topological polar surface area (TPSA) is 138 Å². The van der Waals surface area contributed by atoms with Gasteiger partial charge in [-0.05, 0) is 127 Å². The number of aromatic nitrogens is 4. The lowest BCUT2D eigenvalue weighted by Crippen LogP contribution is -2.14. The Balaban J connectivity index is 1.87. The lowest BCUT2D eigenvalue weighted by Gasteiger charge is -2.01. The highest BCUT2D eigenvalue weighted by molar-refractivity contribution is 14.1. The predicted molar refractivity (Wildman–Crippen MR) is 160 cm³/mol. The summed E-state index contributed by atoms with van der Waals surface area (Å²) in [7, 11) is 0. The molecule has 1 aliphatic rings. The van der Waals surface area contributed by atoms with Gasteiger partial charge in [0, 0.05) is 46.0 Å². The van der Waals surface area contributed by atoms with Crippen LogP contribution >= 0.6 is 22.6 Å². The van der Waals surface area contributed by atoms with Gasteiger partial charge in [-0.1, -0.05) is 0 Å². The molecular weight excluding hydrogens is 607 g/mol. The molecule has 0 unspecified atom stereocenters. The summed E-state index contributed by atoms with van der Waals surface area (Å²) in [4.78, 5) is 37.1. The normalized spacial score (nSPS) is 12.6. The number of carboxylic acids is 2. The van der Waals surface area contributed by atoms with Crippen molar-refractivity contribution in [3.63, 3.8) is 0 Å². The van der Waals surface area contributed by atoms with Crippen LogP contribution in [0, 0.1) is 27.7 Å². The number of fused-ring (bicyclic) bond motifs is 8. The summed E-state index contributed by atoms with van der Waals surface area (Å²) in [6.45, 7) is 8.16. The third-order valence-electron chi connectivity index (χ3n) is 7.50. The van der Waals surface area contributed by atoms with Crippen LogP contribution in [0.2, 0.25) is 0 Å². The van der Waals surface area contributed by atoms with Crippen LogP contribution < -0.4 is 21.4 Å². The van der Waals surface area contributed by atoms with Crippen LogP contribution in [0.15, 0.2) is 12.1 Å². The first kappa shape index (κ1) is 26.9. The lowest BCUT2D eigenvalue weighted by molar-refractivity contribution is -0.138. The summed E-state index contributed by atoms with van der Waals surface area (Å²) >= 11 is 2.37. The molecule has 0 aromatic carbocycles. The van der Waals surface area contributed by atoms with Crippen LogP contribution in [0.5, 0.6) is 0 Å². The van der Waals surface area contributed by atoms with Gasteiger partial charge in [0.1, 0.15) is 0 Å². The summed E-state index contributed by atoms with van der Waals surface area (Å²) in [5, 5.41) is 22.5. The van der Waals surface area contributed by atoms with E-state index >= 15 is 0 Å². The van der Waals surface area contributed by atoms with Gasteiger partial charge in [-0.15, -0.1) is 0 Å². The quantitative estimate of drug-likeness (QED) is 0.181. The summed E-state index contributed by atoms with van der Waals surface area (Å²) in [5.74, 6) is -1.70. The molecule has 39 heavy (non-hydrogen) atoms. The predicted octanol–water partition coefficient (Wildman–Crippen LogP) is 2.66. The van der Waals surface area contributed by atoms with Crippen LogP contribution in [0.1, 0.15) is 69.0 Å². The average molecular weight is 639 g/mol. The van der Waals surface area contributed by atoms with Crippen molar-refractivity contribution in [2.45, 2.75) is 53.4 Å². The van der Waals surface area contributed by atoms with Gasteiger partial charge in [-0.3, -0.25) is 9.59 Å². The van der Waals surface area contributed by atoms with Crippen molar-refractivity contribution in [1.82, 2.24) is 19.9 Å². The molecule has 0 radical (unpaired) electrons. The molecule has 0 amide bonds. The van der Waals surface area contributed by atoms with Crippen LogP contribution in [0.4, 0.5) is 0 Å². The second-order valence-electron chi connectivity index (χ2n) is 10.2. The van der Waals surface area contributed by atoms with Crippen molar-refractivity contribution >= 4 is 56.3 Å². The molecule has 0 atom stereocenters. The van der Waals surface area contributed by atoms with E-state index in [1.807, 2.05) is 19.9 Å². The van der Waals surface area contributed by atoms with Crippen molar-refractivity contribution in [3.05, 3.63) is 89.7 Å². The van der Waals surface area contributed by atoms with Crippen LogP contribution in [0.25, 0.3) is 21.8 Å². The summed E-state index contributed by atoms with van der Waals surface area (Å²) < 4.78 is 1.07. The highest BCUT2D eigenvalue weighted by atomic mass is 127. The fraction of sp³-hybridized carbons (Fsp3) is 0.267. The van der Waals surface area contributed by atoms with Crippen molar-refractivity contribution in [2.24, 2.45) is 0 Å². The number of aromatic amines is 4. The molecule has 202 valence electrons. The fourth-order valence-electron chi connectivity index (χ4n) is 5.31. The van der Waals surface area contributed by atoms with Gasteiger partial charge < -0.3 is 30.1 Å². The Kier molecular flexibility index (Phi) is 7.19. The molecule has 0 spiro atoms. The van der Waals surface area contributed by atoms with Crippen LogP contribution in [-0.2, 0) is 22.4 Å². The Labute approximate surface area is 238 Å². The molecule has 1 aliphatic heterocycles. The number of hydrogen-bond donors (Lipinski definition) is 6. The first-order valence-electron chi connectivity index (χ1n) is 12.8. The molecular formula is C30H31IN4O4. The largest absolute Gasteiger partial charge is 0.481 e. The Morgan fingerprint density at radius 1 is 0.718 bits per heavy atom. The Hall–Kier alpha value is -3.73. The molecule has 8 bridgehead atoms. The number of H-pyrrole nitrogens is 4. The maximum Gasteiger partial charge on any atom is 0.303 e. The molecule has 0 saturated carbocycles. The molecule has 9 heteroatoms. The molecule has 6 N–H and O–H groups in total. The minimum absolute atomic E-state index is 0.0146. The number of carbonyl (C=O) groups is 2. The summed E-state index contributed by atoms with van der Waals surface area (Å²) in [5.41, 5.74) is 9.79. The van der Waals surface area contributed by atoms with E-state index in [0.29, 0.717) is 12.8 Å². The highest BCUT2D eigenvalue weighted by Crippen LogP contribution is 2.24. The Morgan fingerprint density at radius 3 is 2.08 bits per heavy atom. The van der Waals surface area contributed by atoms with E-state index in [0.717, 1.165) is 81.1 Å². The zero-order valence-electron chi connectivity index (χ0n) is 22.3. The van der Waals surface area contributed by atoms with E-state index in [2.05, 4.69) is 80.7 Å². The number of rotatable bonds is 6. The molecule has 8 nitrogen and oxygen atoms in total. The third kappa shape index (κ3) is 5.27. The van der Waals surface area contributed by atoms with Gasteiger partial charge >= 0.3 is 11.9 Å². The number of halogens is 1. The molecule has 5 heterocycles. The van der Waals surface area contributed by atoms with Crippen LogP contribution in [-0.4, -0.2) is 42.1 Å². The Morgan fingerprint density at radius 2 is 1.38 bits per heavy atom. The number of carboxylic acid groups (broad SMARTS) is 2. The molecule has 4 aromatic rings. The van der Waals surface area contributed by atoms with Crippen molar-refractivity contribution in [2.75, 3.05) is 0 Å². The molecule has 4 aromatic heterocycles. The standard InChI is InChI=1S/C30H31IN4O4/c1-14-10-26-29(31)30-15(2)9-18(32-30)11-22-16(3)19(5-7-27(36)37)24(34-22)13-25-20(6-8-28(38)39)17(4)23(35-25)12-21(14)33-26/h9-13,32-35H,5-8H2,1-4H3,(H,36,37)(H,38,39). The Bertz CT molecular complexity index is 1880. The summed E-state index contributed by atoms with van der Waals surface area (Å²) in [6.07, 6.45) is 6.91. The zero-order valence-corrected chi connectivity index (χ0v) is 24.5. The second kappa shape index (κ2) is 10.4. The SMILES string of the molecule is Cc1cc2[nH]c1C(I)=c1cc(C)c([nH]1)=Cc1[nH]c(c(CCC(=O)O)c1C)C=c1[nH]c(c(C)c1CCC(=O)O)=C2. The van der Waals surface area contributed by atoms with E-state index in [1.54, 1.807) is 0 Å². The van der Waals surface area contributed by atoms with E-state index in [9.17, 15) is 19.8 Å². The second-order valence-corrected chi connectivity index (χ2v) is 11.3. The zero-order chi connectivity index (χ0) is 28.0. The van der Waals surface area contributed by atoms with E-state index in [-0.39, 0.29) is 12.8 Å². The van der Waals surface area contributed by atoms with E-state index in [4.69, 9.17) is 0 Å². The van der Waals surface area contributed by atoms with Gasteiger partial charge in [-0.25, -0.2) is 0 Å². The van der Waals surface area contributed by atoms with Crippen molar-refractivity contribution in [1.29, 1.82) is 0 Å². The fourth-order valence-corrected chi connectivity index (χ4v) is 6.16. The first-order valence-corrected chi connectivity index (χ1v) is 13.9. The number of nitrogens with one attached hydrogen (secondary N) is 4. The maximum atomic E-state index is 11.5. The average Bonchev–Trinajstić information content (AvgIpc) is 3.57. The van der Waals surface area contributed by atoms with Gasteiger partial charge in [0.25, 0.3) is 0 Å². The highest BCUT2D eigenvalue weighted by Gasteiger charge is 2.16. The van der Waals surface area contributed by atoms with E-state index in [1.165, 1.54) is 0 Å². The van der Waals surface area contributed by atoms with Gasteiger partial charge in [0.15, 0.2) is 0 Å². The maximum absolute atomic E-state index is 11.5. The minimum atomic E-state index is -0.851. The van der Waals surface area contributed by atoms with Crippen LogP contribution in [0.3, 0.4) is 0 Å². The van der Waals surface area contributed by atoms with Gasteiger partial charge in [0.05, 0.1) is 14.6 Å². The molecule has 0 fully saturated rings. The number of aryl methyl sites for hydroxylation is 2. The molecule has 0 aliphatic carbocycles. The number of hydrogen-bond acceptors (Lipinski definition) is 2. The summed E-state index contributed by atoms with van der Waals surface area (Å²) in [6, 6.07) is 4.25. The monoisotopic (exact) mass is 638 g/mol. The molecule has 5 rings (SSSR count). The molecule has 0 saturated heterocycles. The van der Waals surface area contributed by atoms with Crippen molar-refractivity contribution in [3.8, 4) is 0 Å². The first-order chi connectivity index (χ1) is 18.5. The van der Waals surface area contributed by atoms with Gasteiger partial charge in [-0.2, -0.15) is 0 Å². The smallest absolute Gasteiger partial charge is 0.303 e. The third-order valence-corrected chi connectivity index (χ3v) is 8.62. The van der Waals surface area contributed by atoms with E-state index < -0.39 is 11.9 Å². The van der Waals surface area contributed by atoms with Crippen molar-refractivity contribution < 1.29 is 19.8 Å². The lowest BCUT2D eigenvalue weighted by atomic mass is 10.0. The number of aliphatic carboxylic acids is 2. The van der Waals surface area contributed by atoms with Gasteiger partial charge in [0.2, 0.25) is 0 Å².